The summed E-state index contributed by atoms with van der Waals surface area (Å²) in [5.74, 6) is 0.0249. The van der Waals surface area contributed by atoms with Crippen molar-refractivity contribution in [1.82, 2.24) is 14.6 Å². The second-order valence-corrected chi connectivity index (χ2v) is 12.1. The smallest absolute Gasteiger partial charge is 0.387 e. The van der Waals surface area contributed by atoms with E-state index in [1.54, 1.807) is 6.07 Å². The molecule has 190 valence electrons. The molecule has 3 rings (SSSR count). The maximum atomic E-state index is 12.3. The summed E-state index contributed by atoms with van der Waals surface area (Å²) in [4.78, 5) is 40.2. The van der Waals surface area contributed by atoms with Crippen LogP contribution in [-0.2, 0) is 37.2 Å². The van der Waals surface area contributed by atoms with Crippen LogP contribution in [0.1, 0.15) is 5.69 Å². The van der Waals surface area contributed by atoms with Crippen LogP contribution in [0.3, 0.4) is 0 Å². The highest BCUT2D eigenvalue weighted by Gasteiger charge is 2.62. The fraction of sp³-hybridized carbons (Fsp3) is 0.417. The molecular weight excluding hydrogens is 537 g/mol. The molecule has 1 aliphatic heterocycles. The number of nitrogen functional groups attached to an aromatic ring is 1. The Balaban J connectivity index is 1.93. The summed E-state index contributed by atoms with van der Waals surface area (Å²) >= 11 is 0. The molecule has 2 aromatic heterocycles. The van der Waals surface area contributed by atoms with Gasteiger partial charge < -0.3 is 40.3 Å². The van der Waals surface area contributed by atoms with Crippen molar-refractivity contribution in [3.8, 4) is 6.07 Å². The molecule has 8 N–H and O–H groups in total. The SMILES string of the molecule is BC(B)(OP(=O)(O)OP(=O)(O)OP(=O)(O)O)C1O[C@@](C#N)(c2ccc3c(N)ncnn23)[C@H](O)[C@@H]1O. The van der Waals surface area contributed by atoms with Crippen molar-refractivity contribution in [3.05, 3.63) is 24.2 Å². The minimum absolute atomic E-state index is 0.0249. The van der Waals surface area contributed by atoms with E-state index < -0.39 is 52.8 Å². The summed E-state index contributed by atoms with van der Waals surface area (Å²) in [6.07, 6.45) is -4.62. The van der Waals surface area contributed by atoms with Gasteiger partial charge in [-0.25, -0.2) is 23.2 Å². The summed E-state index contributed by atoms with van der Waals surface area (Å²) in [5.41, 5.74) is 3.60. The number of anilines is 1. The van der Waals surface area contributed by atoms with Crippen LogP contribution in [0.15, 0.2) is 18.5 Å². The van der Waals surface area contributed by atoms with Gasteiger partial charge in [0.15, 0.2) is 5.82 Å². The zero-order valence-corrected chi connectivity index (χ0v) is 20.4. The van der Waals surface area contributed by atoms with Gasteiger partial charge in [0.1, 0.15) is 51.9 Å². The van der Waals surface area contributed by atoms with Crippen molar-refractivity contribution in [3.63, 3.8) is 0 Å². The Labute approximate surface area is 197 Å². The number of phosphoric acid groups is 3. The van der Waals surface area contributed by atoms with Gasteiger partial charge in [-0.05, 0) is 12.1 Å². The summed E-state index contributed by atoms with van der Waals surface area (Å²) in [5, 5.41) is 33.1. The van der Waals surface area contributed by atoms with E-state index in [2.05, 4.69) is 18.7 Å². The number of aliphatic hydroxyl groups excluding tert-OH is 2. The summed E-state index contributed by atoms with van der Waals surface area (Å²) in [7, 11) is -15.0. The maximum absolute atomic E-state index is 12.3. The quantitative estimate of drug-likeness (QED) is 0.122. The van der Waals surface area contributed by atoms with Crippen LogP contribution in [0.25, 0.3) is 5.52 Å². The number of ether oxygens (including phenoxy) is 1. The van der Waals surface area contributed by atoms with E-state index in [9.17, 15) is 39.0 Å². The molecule has 0 amide bonds. The topological polar surface area (TPSA) is 290 Å². The molecule has 0 bridgehead atoms. The monoisotopic (exact) mass is 555 g/mol. The summed E-state index contributed by atoms with van der Waals surface area (Å²) in [6.45, 7) is 0. The van der Waals surface area contributed by atoms with Gasteiger partial charge in [0.25, 0.3) is 0 Å². The van der Waals surface area contributed by atoms with E-state index in [0.29, 0.717) is 0 Å². The van der Waals surface area contributed by atoms with Gasteiger partial charge in [-0.2, -0.15) is 19.0 Å². The van der Waals surface area contributed by atoms with Gasteiger partial charge in [-0.3, -0.25) is 4.52 Å². The minimum Gasteiger partial charge on any atom is -0.387 e. The predicted octanol–water partition coefficient (Wildman–Crippen LogP) is -3.59. The van der Waals surface area contributed by atoms with Crippen LogP contribution in [-0.4, -0.2) is 83.8 Å². The fourth-order valence-electron chi connectivity index (χ4n) is 3.54. The highest BCUT2D eigenvalue weighted by Crippen LogP contribution is 2.67. The molecule has 2 aromatic rings. The van der Waals surface area contributed by atoms with Crippen molar-refractivity contribution in [2.45, 2.75) is 29.3 Å². The normalized spacial score (nSPS) is 28.9. The van der Waals surface area contributed by atoms with E-state index in [-0.39, 0.29) is 17.0 Å². The Bertz CT molecular complexity index is 1330. The number of aromatic nitrogens is 3. The molecule has 0 radical (unpaired) electrons. The van der Waals surface area contributed by atoms with Crippen LogP contribution >= 0.6 is 23.5 Å². The third-order valence-electron chi connectivity index (χ3n) is 4.84. The lowest BCUT2D eigenvalue weighted by molar-refractivity contribution is -0.0823. The molecule has 3 unspecified atom stereocenters. The molecule has 1 fully saturated rings. The highest BCUT2D eigenvalue weighted by atomic mass is 31.3. The molecule has 35 heavy (non-hydrogen) atoms. The van der Waals surface area contributed by atoms with E-state index in [0.717, 1.165) is 26.5 Å². The number of nitriles is 1. The first-order chi connectivity index (χ1) is 15.8. The number of hydrogen-bond acceptors (Lipinski definition) is 13. The number of phosphoric ester groups is 1. The Morgan fingerprint density at radius 3 is 2.37 bits per heavy atom. The number of hydrogen-bond donors (Lipinski definition) is 7. The molecule has 0 aromatic carbocycles. The molecule has 1 saturated heterocycles. The van der Waals surface area contributed by atoms with Gasteiger partial charge in [0, 0.05) is 5.40 Å². The van der Waals surface area contributed by atoms with E-state index >= 15 is 0 Å². The van der Waals surface area contributed by atoms with Crippen molar-refractivity contribution in [2.24, 2.45) is 0 Å². The largest absolute Gasteiger partial charge is 0.490 e. The number of rotatable bonds is 8. The van der Waals surface area contributed by atoms with Gasteiger partial charge >= 0.3 is 23.5 Å². The van der Waals surface area contributed by atoms with Crippen LogP contribution in [0.5, 0.6) is 0 Å². The van der Waals surface area contributed by atoms with Gasteiger partial charge in [-0.1, -0.05) is 0 Å². The van der Waals surface area contributed by atoms with Gasteiger partial charge in [-0.15, -0.1) is 0 Å². The molecule has 6 atom stereocenters. The molecule has 23 heteroatoms. The first-order valence-corrected chi connectivity index (χ1v) is 13.7. The average molecular weight is 555 g/mol. The Morgan fingerprint density at radius 2 is 1.80 bits per heavy atom. The van der Waals surface area contributed by atoms with Crippen LogP contribution in [0, 0.1) is 11.3 Å². The Morgan fingerprint density at radius 1 is 1.17 bits per heavy atom. The van der Waals surface area contributed by atoms with Crippen molar-refractivity contribution < 1.29 is 61.4 Å². The fourth-order valence-corrected chi connectivity index (χ4v) is 6.88. The van der Waals surface area contributed by atoms with E-state index in [1.165, 1.54) is 12.1 Å². The Kier molecular flexibility index (Phi) is 7.19. The molecule has 1 aliphatic rings. The Hall–Kier alpha value is -1.67. The first kappa shape index (κ1) is 27.9. The second kappa shape index (κ2) is 9.02. The highest BCUT2D eigenvalue weighted by molar-refractivity contribution is 7.66. The van der Waals surface area contributed by atoms with Crippen molar-refractivity contribution in [1.29, 1.82) is 5.26 Å². The third kappa shape index (κ3) is 5.53. The zero-order chi connectivity index (χ0) is 26.6. The number of nitrogens with two attached hydrogens (primary N) is 1. The van der Waals surface area contributed by atoms with Gasteiger partial charge in [0.05, 0.1) is 5.69 Å². The molecular formula is C12H18B2N5O13P3. The number of fused-ring (bicyclic) bond motifs is 1. The molecule has 3 heterocycles. The molecule has 0 spiro atoms. The first-order valence-electron chi connectivity index (χ1n) is 9.23. The van der Waals surface area contributed by atoms with Crippen LogP contribution < -0.4 is 5.73 Å². The van der Waals surface area contributed by atoms with Crippen LogP contribution in [0.4, 0.5) is 5.82 Å². The van der Waals surface area contributed by atoms with E-state index in [1.807, 2.05) is 0 Å². The molecule has 0 aliphatic carbocycles. The number of nitrogens with zero attached hydrogens (tertiary/aromatic N) is 4. The number of aliphatic hydroxyl groups is 2. The lowest BCUT2D eigenvalue weighted by Gasteiger charge is -2.34. The van der Waals surface area contributed by atoms with Gasteiger partial charge in [0.2, 0.25) is 5.60 Å². The molecule has 18 nitrogen and oxygen atoms in total. The average Bonchev–Trinajstić information content (AvgIpc) is 3.20. The maximum Gasteiger partial charge on any atom is 0.490 e. The summed E-state index contributed by atoms with van der Waals surface area (Å²) < 4.78 is 53.6. The summed E-state index contributed by atoms with van der Waals surface area (Å²) in [6, 6.07) is 4.47. The van der Waals surface area contributed by atoms with E-state index in [4.69, 9.17) is 24.8 Å². The molecule has 0 saturated carbocycles. The standard InChI is InChI=1S/C12H18B2N5O13P3/c13-12(14,30-34(25,26)32-35(27,28)31-33(22,23)24)9-7(20)8(21)11(3-15,29-9)6-2-1-5-10(16)17-4-18-19(5)6/h1-2,4,7-9,20-21H,13-14H2,(H,25,26)(H,27,28)(H2,16,17,18)(H2,22,23,24)/t7-,8+,9?,11-/m0/s1. The lowest BCUT2D eigenvalue weighted by atomic mass is 9.61. The lowest BCUT2D eigenvalue weighted by Crippen LogP contribution is -2.51. The zero-order valence-electron chi connectivity index (χ0n) is 17.7. The van der Waals surface area contributed by atoms with Crippen LogP contribution in [0.2, 0.25) is 0 Å². The van der Waals surface area contributed by atoms with Crippen molar-refractivity contribution >= 4 is 50.5 Å². The third-order valence-corrected chi connectivity index (χ3v) is 8.87. The second-order valence-electron chi connectivity index (χ2n) is 7.77. The predicted molar refractivity (Wildman–Crippen MR) is 116 cm³/mol. The minimum atomic E-state index is -5.82. The van der Waals surface area contributed by atoms with Crippen molar-refractivity contribution in [2.75, 3.05) is 5.73 Å².